The van der Waals surface area contributed by atoms with Crippen molar-refractivity contribution >= 4 is 11.8 Å². The second-order valence-corrected chi connectivity index (χ2v) is 6.65. The third kappa shape index (κ3) is 5.95. The second kappa shape index (κ2) is 9.65. The van der Waals surface area contributed by atoms with Gasteiger partial charge in [-0.15, -0.1) is 0 Å². The molecule has 2 aromatic rings. The van der Waals surface area contributed by atoms with Crippen LogP contribution in [0.15, 0.2) is 48.9 Å². The highest BCUT2D eigenvalue weighted by Crippen LogP contribution is 2.09. The molecule has 2 rings (SSSR count). The van der Waals surface area contributed by atoms with E-state index in [0.29, 0.717) is 19.0 Å². The van der Waals surface area contributed by atoms with E-state index >= 15 is 0 Å². The monoisotopic (exact) mass is 354 g/mol. The molecule has 0 unspecified atom stereocenters. The standard InChI is InChI=1S/C20H26N4O2/c1-15(2)16(3)23-19(25)9-12-24(14-17-7-5-4-6-8-17)20(26)18-13-21-10-11-22-18/h4-8,10-11,13,15-16H,9,12,14H2,1-3H3,(H,23,25)/t16-/m0/s1. The summed E-state index contributed by atoms with van der Waals surface area (Å²) in [5.74, 6) is 0.0727. The van der Waals surface area contributed by atoms with Gasteiger partial charge in [-0.2, -0.15) is 0 Å². The van der Waals surface area contributed by atoms with Crippen molar-refractivity contribution in [1.82, 2.24) is 20.2 Å². The predicted octanol–water partition coefficient (Wildman–Crippen LogP) is 2.67. The molecule has 6 nitrogen and oxygen atoms in total. The molecule has 1 N–H and O–H groups in total. The van der Waals surface area contributed by atoms with Gasteiger partial charge >= 0.3 is 0 Å². The highest BCUT2D eigenvalue weighted by Gasteiger charge is 2.19. The van der Waals surface area contributed by atoms with Crippen molar-refractivity contribution in [2.24, 2.45) is 5.92 Å². The van der Waals surface area contributed by atoms with Gasteiger partial charge in [-0.05, 0) is 18.4 Å². The molecule has 6 heteroatoms. The van der Waals surface area contributed by atoms with Gasteiger partial charge < -0.3 is 10.2 Å². The Labute approximate surface area is 154 Å². The van der Waals surface area contributed by atoms with Crippen LogP contribution in [-0.2, 0) is 11.3 Å². The zero-order valence-corrected chi connectivity index (χ0v) is 15.6. The number of hydrogen-bond acceptors (Lipinski definition) is 4. The molecule has 0 aliphatic carbocycles. The van der Waals surface area contributed by atoms with Crippen molar-refractivity contribution < 1.29 is 9.59 Å². The Morgan fingerprint density at radius 3 is 2.46 bits per heavy atom. The number of nitrogens with zero attached hydrogens (tertiary/aromatic N) is 3. The lowest BCUT2D eigenvalue weighted by atomic mass is 10.1. The molecule has 26 heavy (non-hydrogen) atoms. The molecule has 0 bridgehead atoms. The maximum Gasteiger partial charge on any atom is 0.274 e. The first kappa shape index (κ1) is 19.6. The van der Waals surface area contributed by atoms with Crippen molar-refractivity contribution in [2.45, 2.75) is 39.8 Å². The normalized spacial score (nSPS) is 11.8. The number of aromatic nitrogens is 2. The summed E-state index contributed by atoms with van der Waals surface area (Å²) in [6.45, 7) is 6.84. The molecule has 0 fully saturated rings. The van der Waals surface area contributed by atoms with Crippen molar-refractivity contribution in [3.8, 4) is 0 Å². The van der Waals surface area contributed by atoms with Gasteiger partial charge in [-0.1, -0.05) is 44.2 Å². The third-order valence-electron chi connectivity index (χ3n) is 4.28. The van der Waals surface area contributed by atoms with Crippen LogP contribution in [0.5, 0.6) is 0 Å². The van der Waals surface area contributed by atoms with E-state index in [9.17, 15) is 9.59 Å². The van der Waals surface area contributed by atoms with E-state index in [1.165, 1.54) is 18.6 Å². The molecule has 0 aliphatic rings. The molecule has 1 heterocycles. The van der Waals surface area contributed by atoms with E-state index < -0.39 is 0 Å². The molecule has 0 saturated heterocycles. The smallest absolute Gasteiger partial charge is 0.274 e. The number of carbonyl (C=O) groups excluding carboxylic acids is 2. The first-order valence-corrected chi connectivity index (χ1v) is 8.86. The summed E-state index contributed by atoms with van der Waals surface area (Å²) in [6.07, 6.45) is 4.71. The number of amides is 2. The SMILES string of the molecule is CC(C)[C@H](C)NC(=O)CCN(Cc1ccccc1)C(=O)c1cnccn1. The number of hydrogen-bond donors (Lipinski definition) is 1. The van der Waals surface area contributed by atoms with Crippen molar-refractivity contribution in [3.63, 3.8) is 0 Å². The molecule has 1 aromatic heterocycles. The first-order chi connectivity index (χ1) is 12.5. The lowest BCUT2D eigenvalue weighted by Crippen LogP contribution is -2.39. The van der Waals surface area contributed by atoms with Crippen LogP contribution in [0.2, 0.25) is 0 Å². The highest BCUT2D eigenvalue weighted by molar-refractivity contribution is 5.92. The van der Waals surface area contributed by atoms with Crippen molar-refractivity contribution in [1.29, 1.82) is 0 Å². The first-order valence-electron chi connectivity index (χ1n) is 8.86. The lowest BCUT2D eigenvalue weighted by Gasteiger charge is -2.23. The Kier molecular flexibility index (Phi) is 7.26. The Morgan fingerprint density at radius 2 is 1.85 bits per heavy atom. The van der Waals surface area contributed by atoms with Gasteiger partial charge in [-0.25, -0.2) is 4.98 Å². The summed E-state index contributed by atoms with van der Waals surface area (Å²) in [5, 5.41) is 2.97. The van der Waals surface area contributed by atoms with Crippen molar-refractivity contribution in [2.75, 3.05) is 6.54 Å². The fourth-order valence-corrected chi connectivity index (χ4v) is 2.36. The zero-order valence-electron chi connectivity index (χ0n) is 15.6. The van der Waals surface area contributed by atoms with Crippen LogP contribution in [0, 0.1) is 5.92 Å². The van der Waals surface area contributed by atoms with Crippen LogP contribution in [0.25, 0.3) is 0 Å². The van der Waals surface area contributed by atoms with Crippen molar-refractivity contribution in [3.05, 3.63) is 60.2 Å². The van der Waals surface area contributed by atoms with Crippen LogP contribution in [-0.4, -0.2) is 39.3 Å². The summed E-state index contributed by atoms with van der Waals surface area (Å²) in [4.78, 5) is 34.7. The van der Waals surface area contributed by atoms with Gasteiger partial charge in [0, 0.05) is 37.9 Å². The Hall–Kier alpha value is -2.76. The number of benzene rings is 1. The molecule has 138 valence electrons. The molecule has 1 atom stereocenters. The van der Waals surface area contributed by atoms with E-state index in [1.54, 1.807) is 4.90 Å². The number of carbonyl (C=O) groups is 2. The topological polar surface area (TPSA) is 75.2 Å². The minimum Gasteiger partial charge on any atom is -0.353 e. The van der Waals surface area contributed by atoms with E-state index in [4.69, 9.17) is 0 Å². The zero-order chi connectivity index (χ0) is 18.9. The Morgan fingerprint density at radius 1 is 1.12 bits per heavy atom. The molecule has 0 aliphatic heterocycles. The maximum atomic E-state index is 12.8. The lowest BCUT2D eigenvalue weighted by molar-refractivity contribution is -0.122. The van der Waals surface area contributed by atoms with Gasteiger partial charge in [-0.3, -0.25) is 14.6 Å². The van der Waals surface area contributed by atoms with Gasteiger partial charge in [0.25, 0.3) is 5.91 Å². The quantitative estimate of drug-likeness (QED) is 0.791. The minimum absolute atomic E-state index is 0.0591. The minimum atomic E-state index is -0.230. The Bertz CT molecular complexity index is 704. The largest absolute Gasteiger partial charge is 0.353 e. The van der Waals surface area contributed by atoms with Gasteiger partial charge in [0.05, 0.1) is 6.20 Å². The van der Waals surface area contributed by atoms with Gasteiger partial charge in [0.1, 0.15) is 5.69 Å². The van der Waals surface area contributed by atoms with Crippen LogP contribution in [0.1, 0.15) is 43.2 Å². The van der Waals surface area contributed by atoms with Gasteiger partial charge in [0.15, 0.2) is 0 Å². The van der Waals surface area contributed by atoms with Crippen LogP contribution < -0.4 is 5.32 Å². The Balaban J connectivity index is 2.05. The van der Waals surface area contributed by atoms with E-state index in [0.717, 1.165) is 5.56 Å². The summed E-state index contributed by atoms with van der Waals surface area (Å²) in [5.41, 5.74) is 1.28. The number of rotatable bonds is 8. The fraction of sp³-hybridized carbons (Fsp3) is 0.400. The molecule has 0 spiro atoms. The second-order valence-electron chi connectivity index (χ2n) is 6.65. The molecule has 1 aromatic carbocycles. The average Bonchev–Trinajstić information content (AvgIpc) is 2.66. The average molecular weight is 354 g/mol. The third-order valence-corrected chi connectivity index (χ3v) is 4.28. The van der Waals surface area contributed by atoms with Crippen LogP contribution in [0.3, 0.4) is 0 Å². The fourth-order valence-electron chi connectivity index (χ4n) is 2.36. The molecule has 0 saturated carbocycles. The van der Waals surface area contributed by atoms with E-state index in [1.807, 2.05) is 37.3 Å². The highest BCUT2D eigenvalue weighted by atomic mass is 16.2. The summed E-state index contributed by atoms with van der Waals surface area (Å²) in [7, 11) is 0. The van der Waals surface area contributed by atoms with Crippen LogP contribution in [0.4, 0.5) is 0 Å². The van der Waals surface area contributed by atoms with Crippen LogP contribution >= 0.6 is 0 Å². The van der Waals surface area contributed by atoms with E-state index in [-0.39, 0.29) is 30.0 Å². The number of nitrogens with one attached hydrogen (secondary N) is 1. The molecular weight excluding hydrogens is 328 g/mol. The summed E-state index contributed by atoms with van der Waals surface area (Å²) < 4.78 is 0. The molecule has 0 radical (unpaired) electrons. The predicted molar refractivity (Wildman–Crippen MR) is 100 cm³/mol. The molecule has 2 amide bonds. The summed E-state index contributed by atoms with van der Waals surface area (Å²) >= 11 is 0. The van der Waals surface area contributed by atoms with Gasteiger partial charge in [0.2, 0.25) is 5.91 Å². The summed E-state index contributed by atoms with van der Waals surface area (Å²) in [6, 6.07) is 9.80. The van der Waals surface area contributed by atoms with E-state index in [2.05, 4.69) is 29.1 Å². The maximum absolute atomic E-state index is 12.8. The molecular formula is C20H26N4O2.